The van der Waals surface area contributed by atoms with Crippen LogP contribution in [-0.4, -0.2) is 24.6 Å². The van der Waals surface area contributed by atoms with Gasteiger partial charge in [-0.1, -0.05) is 36.4 Å². The second-order valence-corrected chi connectivity index (χ2v) is 7.07. The molecule has 3 rings (SSSR count). The Morgan fingerprint density at radius 2 is 1.77 bits per heavy atom. The van der Waals surface area contributed by atoms with Gasteiger partial charge in [-0.25, -0.2) is 4.79 Å². The number of hydrogen-bond donors (Lipinski definition) is 3. The van der Waals surface area contributed by atoms with Gasteiger partial charge in [0.1, 0.15) is 5.75 Å². The first-order valence-corrected chi connectivity index (χ1v) is 8.98. The number of nitrogens with one attached hydrogen (secondary N) is 1. The van der Waals surface area contributed by atoms with E-state index in [4.69, 9.17) is 9.39 Å². The van der Waals surface area contributed by atoms with Crippen LogP contribution in [0.4, 0.5) is 0 Å². The lowest BCUT2D eigenvalue weighted by Crippen LogP contribution is -2.20. The molecule has 0 heterocycles. The van der Waals surface area contributed by atoms with E-state index in [1.54, 1.807) is 0 Å². The van der Waals surface area contributed by atoms with Crippen LogP contribution in [0.15, 0.2) is 65.6 Å². The van der Waals surface area contributed by atoms with Crippen molar-refractivity contribution in [1.29, 1.82) is 0 Å². The third-order valence-corrected chi connectivity index (χ3v) is 4.88. The van der Waals surface area contributed by atoms with Gasteiger partial charge in [-0.2, -0.15) is 18.2 Å². The number of hydroxylamine groups is 1. The highest BCUT2D eigenvalue weighted by Crippen LogP contribution is 2.30. The maximum Gasteiger partial charge on any atom is 0.335 e. The average molecular weight is 373 g/mol. The summed E-state index contributed by atoms with van der Waals surface area (Å²) in [4.78, 5) is 10.8. The molecule has 8 heteroatoms. The van der Waals surface area contributed by atoms with Crippen molar-refractivity contribution in [3.05, 3.63) is 71.8 Å². The topological polar surface area (TPSA) is 113 Å². The third kappa shape index (κ3) is 3.83. The van der Waals surface area contributed by atoms with Gasteiger partial charge >= 0.3 is 16.1 Å². The molecule has 0 aromatic heterocycles. The maximum atomic E-state index is 12.3. The minimum absolute atomic E-state index is 0.0100. The van der Waals surface area contributed by atoms with E-state index in [1.807, 2.05) is 30.3 Å². The second kappa shape index (κ2) is 7.12. The fourth-order valence-corrected chi connectivity index (χ4v) is 3.26. The lowest BCUT2D eigenvalue weighted by molar-refractivity contribution is 0.0697. The molecule has 7 nitrogen and oxygen atoms in total. The molecule has 0 spiro atoms. The van der Waals surface area contributed by atoms with Crippen LogP contribution in [0.3, 0.4) is 0 Å². The van der Waals surface area contributed by atoms with Gasteiger partial charge < -0.3 is 10.2 Å². The molecule has 0 radical (unpaired) electrons. The second-order valence-electron chi connectivity index (χ2n) is 5.53. The number of carboxylic acid groups (broad SMARTS) is 1. The summed E-state index contributed by atoms with van der Waals surface area (Å²) in [6.45, 7) is 0.182. The van der Waals surface area contributed by atoms with Crippen molar-refractivity contribution in [2.45, 2.75) is 11.4 Å². The van der Waals surface area contributed by atoms with Crippen LogP contribution in [0.25, 0.3) is 10.8 Å². The van der Waals surface area contributed by atoms with Gasteiger partial charge in [0, 0.05) is 18.0 Å². The van der Waals surface area contributed by atoms with Crippen LogP contribution in [0, 0.1) is 0 Å². The van der Waals surface area contributed by atoms with Crippen LogP contribution in [-0.2, 0) is 20.9 Å². The molecule has 0 amide bonds. The minimum atomic E-state index is -4.16. The summed E-state index contributed by atoms with van der Waals surface area (Å²) in [5.41, 5.74) is 3.21. The SMILES string of the molecule is O=C(O)c1ccc2cc(S(=O)(=O)ONCc3ccccc3)cc(O)c2c1. The molecule has 0 saturated heterocycles. The first kappa shape index (κ1) is 17.9. The van der Waals surface area contributed by atoms with Gasteiger partial charge in [-0.15, -0.1) is 0 Å². The number of phenolic OH excluding ortho intramolecular Hbond substituents is 1. The lowest BCUT2D eigenvalue weighted by Gasteiger charge is -2.09. The van der Waals surface area contributed by atoms with Crippen LogP contribution in [0.5, 0.6) is 5.75 Å². The summed E-state index contributed by atoms with van der Waals surface area (Å²) >= 11 is 0. The summed E-state index contributed by atoms with van der Waals surface area (Å²) in [5.74, 6) is -1.49. The predicted molar refractivity (Wildman–Crippen MR) is 94.1 cm³/mol. The quantitative estimate of drug-likeness (QED) is 0.569. The molecule has 0 atom stereocenters. The highest BCUT2D eigenvalue weighted by Gasteiger charge is 2.19. The molecule has 0 aliphatic carbocycles. The number of aromatic hydroxyl groups is 1. The summed E-state index contributed by atoms with van der Waals surface area (Å²) in [5, 5.41) is 19.7. The molecular formula is C18H15NO6S. The van der Waals surface area contributed by atoms with Crippen molar-refractivity contribution < 1.29 is 27.7 Å². The van der Waals surface area contributed by atoms with Crippen LogP contribution in [0.2, 0.25) is 0 Å². The van der Waals surface area contributed by atoms with Crippen LogP contribution in [0.1, 0.15) is 15.9 Å². The fraction of sp³-hybridized carbons (Fsp3) is 0.0556. The van der Waals surface area contributed by atoms with Gasteiger partial charge in [0.15, 0.2) is 0 Å². The molecule has 3 aromatic rings. The largest absolute Gasteiger partial charge is 0.507 e. The van der Waals surface area contributed by atoms with E-state index < -0.39 is 16.1 Å². The van der Waals surface area contributed by atoms with Gasteiger partial charge in [-0.3, -0.25) is 0 Å². The third-order valence-electron chi connectivity index (χ3n) is 3.73. The molecule has 0 unspecified atom stereocenters. The zero-order chi connectivity index (χ0) is 18.7. The van der Waals surface area contributed by atoms with E-state index in [9.17, 15) is 18.3 Å². The van der Waals surface area contributed by atoms with Crippen molar-refractivity contribution in [3.8, 4) is 5.75 Å². The Kier molecular flexibility index (Phi) is 4.90. The molecule has 0 fully saturated rings. The van der Waals surface area contributed by atoms with E-state index in [0.717, 1.165) is 11.6 Å². The number of aromatic carboxylic acids is 1. The fourth-order valence-electron chi connectivity index (χ4n) is 2.42. The van der Waals surface area contributed by atoms with E-state index in [2.05, 4.69) is 5.48 Å². The molecule has 26 heavy (non-hydrogen) atoms. The van der Waals surface area contributed by atoms with Crippen molar-refractivity contribution in [1.82, 2.24) is 5.48 Å². The number of carboxylic acids is 1. The maximum absolute atomic E-state index is 12.3. The molecule has 134 valence electrons. The average Bonchev–Trinajstić information content (AvgIpc) is 2.62. The summed E-state index contributed by atoms with van der Waals surface area (Å²) in [6, 6.07) is 15.5. The molecule has 0 aliphatic rings. The van der Waals surface area contributed by atoms with Gasteiger partial charge in [0.05, 0.1) is 10.5 Å². The normalized spacial score (nSPS) is 11.5. The van der Waals surface area contributed by atoms with Gasteiger partial charge in [0.25, 0.3) is 0 Å². The standard InChI is InChI=1S/C18H15NO6S/c20-17-10-15(8-13-6-7-14(18(21)22)9-16(13)17)26(23,24)25-19-11-12-4-2-1-3-5-12/h1-10,19-20H,11H2,(H,21,22). The molecular weight excluding hydrogens is 358 g/mol. The number of phenols is 1. The van der Waals surface area contributed by atoms with Crippen molar-refractivity contribution >= 4 is 26.9 Å². The van der Waals surface area contributed by atoms with E-state index in [-0.39, 0.29) is 28.1 Å². The van der Waals surface area contributed by atoms with Crippen molar-refractivity contribution in [2.24, 2.45) is 0 Å². The molecule has 0 saturated carbocycles. The van der Waals surface area contributed by atoms with Gasteiger partial charge in [0.2, 0.25) is 0 Å². The zero-order valence-electron chi connectivity index (χ0n) is 13.4. The predicted octanol–water partition coefficient (Wildman–Crippen LogP) is 2.65. The Hall–Kier alpha value is -2.94. The highest BCUT2D eigenvalue weighted by atomic mass is 32.2. The van der Waals surface area contributed by atoms with Crippen LogP contribution >= 0.6 is 0 Å². The van der Waals surface area contributed by atoms with E-state index in [1.165, 1.54) is 24.3 Å². The van der Waals surface area contributed by atoms with Crippen LogP contribution < -0.4 is 5.48 Å². The Balaban J connectivity index is 1.84. The molecule has 0 aliphatic heterocycles. The first-order valence-electron chi connectivity index (χ1n) is 7.57. The Morgan fingerprint density at radius 3 is 2.46 bits per heavy atom. The Morgan fingerprint density at radius 1 is 1.04 bits per heavy atom. The highest BCUT2D eigenvalue weighted by molar-refractivity contribution is 7.86. The van der Waals surface area contributed by atoms with Crippen molar-refractivity contribution in [3.63, 3.8) is 0 Å². The first-order chi connectivity index (χ1) is 12.4. The molecule has 0 bridgehead atoms. The summed E-state index contributed by atoms with van der Waals surface area (Å²) < 4.78 is 29.4. The minimum Gasteiger partial charge on any atom is -0.507 e. The van der Waals surface area contributed by atoms with E-state index in [0.29, 0.717) is 5.39 Å². The number of rotatable bonds is 6. The van der Waals surface area contributed by atoms with Crippen molar-refractivity contribution in [2.75, 3.05) is 0 Å². The van der Waals surface area contributed by atoms with Gasteiger partial charge in [-0.05, 0) is 29.1 Å². The monoisotopic (exact) mass is 373 g/mol. The number of hydrogen-bond acceptors (Lipinski definition) is 6. The molecule has 3 N–H and O–H groups in total. The summed E-state index contributed by atoms with van der Waals surface area (Å²) in [6.07, 6.45) is 0. The van der Waals surface area contributed by atoms with E-state index >= 15 is 0 Å². The number of carbonyl (C=O) groups is 1. The zero-order valence-corrected chi connectivity index (χ0v) is 14.2. The smallest absolute Gasteiger partial charge is 0.335 e. The lowest BCUT2D eigenvalue weighted by atomic mass is 10.1. The molecule has 3 aromatic carbocycles. The Bertz CT molecular complexity index is 1060. The number of benzene rings is 3. The summed E-state index contributed by atoms with van der Waals surface area (Å²) in [7, 11) is -4.16. The Labute approximate surface area is 149 Å². The number of fused-ring (bicyclic) bond motifs is 1.